The van der Waals surface area contributed by atoms with Crippen LogP contribution in [-0.4, -0.2) is 40.3 Å². The van der Waals surface area contributed by atoms with E-state index in [1.54, 1.807) is 39.5 Å². The standard InChI is InChI=1S/C19H24N2O4/c1-23-16-7-4-14(5-8-16)13-20-10-11-21-19(22)15-6-9-17(24-2)18(12-15)25-3/h4-9,12,20H,10-11,13H2,1-3H3,(H,21,22). The number of ether oxygens (including phenoxy) is 3. The minimum Gasteiger partial charge on any atom is -0.497 e. The van der Waals surface area contributed by atoms with E-state index >= 15 is 0 Å². The Morgan fingerprint density at radius 3 is 2.24 bits per heavy atom. The van der Waals surface area contributed by atoms with Crippen LogP contribution in [0.3, 0.4) is 0 Å². The van der Waals surface area contributed by atoms with E-state index in [1.165, 1.54) is 0 Å². The van der Waals surface area contributed by atoms with Gasteiger partial charge in [-0.1, -0.05) is 12.1 Å². The Bertz CT molecular complexity index is 686. The van der Waals surface area contributed by atoms with Crippen LogP contribution < -0.4 is 24.8 Å². The molecule has 0 spiro atoms. The van der Waals surface area contributed by atoms with E-state index in [2.05, 4.69) is 10.6 Å². The fourth-order valence-corrected chi connectivity index (χ4v) is 2.32. The first-order chi connectivity index (χ1) is 12.2. The van der Waals surface area contributed by atoms with Crippen molar-refractivity contribution < 1.29 is 19.0 Å². The maximum absolute atomic E-state index is 12.2. The van der Waals surface area contributed by atoms with Gasteiger partial charge in [-0.05, 0) is 35.9 Å². The van der Waals surface area contributed by atoms with Crippen molar-refractivity contribution in [1.29, 1.82) is 0 Å². The van der Waals surface area contributed by atoms with Gasteiger partial charge in [-0.25, -0.2) is 0 Å². The molecule has 0 bridgehead atoms. The fraction of sp³-hybridized carbons (Fsp3) is 0.316. The van der Waals surface area contributed by atoms with E-state index in [9.17, 15) is 4.79 Å². The number of nitrogens with one attached hydrogen (secondary N) is 2. The van der Waals surface area contributed by atoms with Gasteiger partial charge in [-0.15, -0.1) is 0 Å². The number of hydrogen-bond donors (Lipinski definition) is 2. The average molecular weight is 344 g/mol. The molecule has 0 aliphatic carbocycles. The molecule has 0 atom stereocenters. The molecule has 25 heavy (non-hydrogen) atoms. The van der Waals surface area contributed by atoms with Gasteiger partial charge < -0.3 is 24.8 Å². The zero-order valence-corrected chi connectivity index (χ0v) is 14.8. The van der Waals surface area contributed by atoms with E-state index < -0.39 is 0 Å². The zero-order valence-electron chi connectivity index (χ0n) is 14.8. The zero-order chi connectivity index (χ0) is 18.1. The van der Waals surface area contributed by atoms with Gasteiger partial charge in [0.1, 0.15) is 5.75 Å². The molecule has 2 aromatic carbocycles. The van der Waals surface area contributed by atoms with E-state index in [0.29, 0.717) is 30.2 Å². The highest BCUT2D eigenvalue weighted by Crippen LogP contribution is 2.27. The Morgan fingerprint density at radius 2 is 1.60 bits per heavy atom. The first kappa shape index (κ1) is 18.6. The molecular weight excluding hydrogens is 320 g/mol. The molecule has 0 aliphatic heterocycles. The van der Waals surface area contributed by atoms with Gasteiger partial charge in [0.15, 0.2) is 11.5 Å². The van der Waals surface area contributed by atoms with Crippen molar-refractivity contribution in [2.75, 3.05) is 34.4 Å². The molecule has 0 saturated carbocycles. The SMILES string of the molecule is COc1ccc(CNCCNC(=O)c2ccc(OC)c(OC)c2)cc1. The van der Waals surface area contributed by atoms with Gasteiger partial charge in [0.2, 0.25) is 0 Å². The second-order valence-electron chi connectivity index (χ2n) is 5.35. The Hall–Kier alpha value is -2.73. The number of carbonyl (C=O) groups excluding carboxylic acids is 1. The van der Waals surface area contributed by atoms with Crippen LogP contribution in [0, 0.1) is 0 Å². The molecule has 6 nitrogen and oxygen atoms in total. The fourth-order valence-electron chi connectivity index (χ4n) is 2.32. The average Bonchev–Trinajstić information content (AvgIpc) is 2.67. The number of rotatable bonds is 9. The predicted octanol–water partition coefficient (Wildman–Crippen LogP) is 2.23. The van der Waals surface area contributed by atoms with Crippen molar-refractivity contribution in [3.05, 3.63) is 53.6 Å². The molecule has 0 radical (unpaired) electrons. The molecule has 6 heteroatoms. The molecule has 0 saturated heterocycles. The summed E-state index contributed by atoms with van der Waals surface area (Å²) in [4.78, 5) is 12.2. The van der Waals surface area contributed by atoms with Crippen LogP contribution in [0.25, 0.3) is 0 Å². The van der Waals surface area contributed by atoms with Gasteiger partial charge in [0.25, 0.3) is 5.91 Å². The van der Waals surface area contributed by atoms with Crippen LogP contribution in [0.2, 0.25) is 0 Å². The Morgan fingerprint density at radius 1 is 0.880 bits per heavy atom. The van der Waals surface area contributed by atoms with Crippen LogP contribution in [0.1, 0.15) is 15.9 Å². The second kappa shape index (κ2) is 9.54. The van der Waals surface area contributed by atoms with E-state index in [1.807, 2.05) is 24.3 Å². The predicted molar refractivity (Wildman–Crippen MR) is 96.6 cm³/mol. The monoisotopic (exact) mass is 344 g/mol. The lowest BCUT2D eigenvalue weighted by Crippen LogP contribution is -2.31. The lowest BCUT2D eigenvalue weighted by molar-refractivity contribution is 0.0953. The summed E-state index contributed by atoms with van der Waals surface area (Å²) in [5.41, 5.74) is 1.69. The molecule has 2 rings (SSSR count). The van der Waals surface area contributed by atoms with Gasteiger partial charge in [-0.3, -0.25) is 4.79 Å². The van der Waals surface area contributed by atoms with Crippen molar-refractivity contribution >= 4 is 5.91 Å². The van der Waals surface area contributed by atoms with Gasteiger partial charge in [0.05, 0.1) is 21.3 Å². The van der Waals surface area contributed by atoms with Crippen molar-refractivity contribution in [3.8, 4) is 17.2 Å². The van der Waals surface area contributed by atoms with Crippen molar-refractivity contribution in [1.82, 2.24) is 10.6 Å². The summed E-state index contributed by atoms with van der Waals surface area (Å²) in [6.07, 6.45) is 0. The second-order valence-corrected chi connectivity index (χ2v) is 5.35. The normalized spacial score (nSPS) is 10.2. The lowest BCUT2D eigenvalue weighted by Gasteiger charge is -2.10. The third-order valence-electron chi connectivity index (χ3n) is 3.72. The summed E-state index contributed by atoms with van der Waals surface area (Å²) in [6.45, 7) is 1.94. The van der Waals surface area contributed by atoms with Gasteiger partial charge >= 0.3 is 0 Å². The minimum absolute atomic E-state index is 0.146. The molecule has 1 amide bonds. The maximum Gasteiger partial charge on any atom is 0.251 e. The Balaban J connectivity index is 1.74. The van der Waals surface area contributed by atoms with Crippen molar-refractivity contribution in [2.45, 2.75) is 6.54 Å². The molecular formula is C19H24N2O4. The molecule has 2 aromatic rings. The lowest BCUT2D eigenvalue weighted by atomic mass is 10.2. The molecule has 0 fully saturated rings. The molecule has 134 valence electrons. The summed E-state index contributed by atoms with van der Waals surface area (Å²) >= 11 is 0. The summed E-state index contributed by atoms with van der Waals surface area (Å²) < 4.78 is 15.5. The quantitative estimate of drug-likeness (QED) is 0.683. The van der Waals surface area contributed by atoms with Crippen LogP contribution in [0.15, 0.2) is 42.5 Å². The van der Waals surface area contributed by atoms with Gasteiger partial charge in [-0.2, -0.15) is 0 Å². The number of benzene rings is 2. The first-order valence-corrected chi connectivity index (χ1v) is 8.01. The van der Waals surface area contributed by atoms with E-state index in [-0.39, 0.29) is 5.91 Å². The van der Waals surface area contributed by atoms with Gasteiger partial charge in [0, 0.05) is 25.2 Å². The van der Waals surface area contributed by atoms with Crippen LogP contribution in [-0.2, 0) is 6.54 Å². The Labute approximate surface area is 148 Å². The van der Waals surface area contributed by atoms with E-state index in [4.69, 9.17) is 14.2 Å². The number of amides is 1. The summed E-state index contributed by atoms with van der Waals surface area (Å²) in [5, 5.41) is 6.16. The summed E-state index contributed by atoms with van der Waals surface area (Å²) in [7, 11) is 4.75. The molecule has 0 heterocycles. The van der Waals surface area contributed by atoms with Crippen LogP contribution >= 0.6 is 0 Å². The van der Waals surface area contributed by atoms with Crippen LogP contribution in [0.5, 0.6) is 17.2 Å². The molecule has 0 aromatic heterocycles. The van der Waals surface area contributed by atoms with Crippen LogP contribution in [0.4, 0.5) is 0 Å². The number of hydrogen-bond acceptors (Lipinski definition) is 5. The number of carbonyl (C=O) groups is 1. The highest BCUT2D eigenvalue weighted by atomic mass is 16.5. The summed E-state index contributed by atoms with van der Waals surface area (Å²) in [6, 6.07) is 13.0. The van der Waals surface area contributed by atoms with Crippen molar-refractivity contribution in [2.24, 2.45) is 0 Å². The first-order valence-electron chi connectivity index (χ1n) is 8.01. The Kier molecular flexibility index (Phi) is 7.10. The summed E-state index contributed by atoms with van der Waals surface area (Å²) in [5.74, 6) is 1.83. The largest absolute Gasteiger partial charge is 0.497 e. The van der Waals surface area contributed by atoms with Crippen molar-refractivity contribution in [3.63, 3.8) is 0 Å². The topological polar surface area (TPSA) is 68.8 Å². The number of methoxy groups -OCH3 is 3. The highest BCUT2D eigenvalue weighted by Gasteiger charge is 2.10. The molecule has 0 aliphatic rings. The minimum atomic E-state index is -0.146. The maximum atomic E-state index is 12.2. The molecule has 0 unspecified atom stereocenters. The molecule has 2 N–H and O–H groups in total. The third kappa shape index (κ3) is 5.39. The smallest absolute Gasteiger partial charge is 0.251 e. The van der Waals surface area contributed by atoms with E-state index in [0.717, 1.165) is 17.9 Å². The third-order valence-corrected chi connectivity index (χ3v) is 3.72. The highest BCUT2D eigenvalue weighted by molar-refractivity contribution is 5.94.